The molecular weight excluding hydrogens is 334 g/mol. The SMILES string of the molecule is Cc1ccc(C(C)NC(=O)N2CCOC(CN(C)CC(=O)O)C2)cc1C. The minimum absolute atomic E-state index is 0.0458. The smallest absolute Gasteiger partial charge is 0.318 e. The topological polar surface area (TPSA) is 82.1 Å². The highest BCUT2D eigenvalue weighted by molar-refractivity contribution is 5.75. The summed E-state index contributed by atoms with van der Waals surface area (Å²) in [6, 6.07) is 6.00. The van der Waals surface area contributed by atoms with Gasteiger partial charge in [-0.25, -0.2) is 4.79 Å². The van der Waals surface area contributed by atoms with Crippen LogP contribution < -0.4 is 5.32 Å². The van der Waals surface area contributed by atoms with Crippen molar-refractivity contribution >= 4 is 12.0 Å². The number of carbonyl (C=O) groups is 2. The third kappa shape index (κ3) is 5.71. The standard InChI is InChI=1S/C19H29N3O4/c1-13-5-6-16(9-14(13)2)15(3)20-19(25)22-7-8-26-17(11-22)10-21(4)12-18(23)24/h5-6,9,15,17H,7-8,10-12H2,1-4H3,(H,20,25)(H,23,24). The number of urea groups is 1. The van der Waals surface area contributed by atoms with Crippen LogP contribution in [0.3, 0.4) is 0 Å². The molecular formula is C19H29N3O4. The van der Waals surface area contributed by atoms with E-state index in [1.807, 2.05) is 13.0 Å². The molecule has 2 unspecified atom stereocenters. The summed E-state index contributed by atoms with van der Waals surface area (Å²) >= 11 is 0. The molecule has 0 spiro atoms. The third-order valence-corrected chi connectivity index (χ3v) is 4.72. The molecule has 1 heterocycles. The number of morpholine rings is 1. The van der Waals surface area contributed by atoms with Gasteiger partial charge in [0.15, 0.2) is 0 Å². The Labute approximate surface area is 154 Å². The average molecular weight is 363 g/mol. The molecule has 1 saturated heterocycles. The summed E-state index contributed by atoms with van der Waals surface area (Å²) in [4.78, 5) is 26.8. The van der Waals surface area contributed by atoms with E-state index in [0.717, 1.165) is 5.56 Å². The first-order valence-electron chi connectivity index (χ1n) is 8.90. The molecule has 0 saturated carbocycles. The number of carboxylic acid groups (broad SMARTS) is 1. The number of amides is 2. The molecule has 144 valence electrons. The molecule has 7 heteroatoms. The van der Waals surface area contributed by atoms with Crippen LogP contribution in [0.4, 0.5) is 4.79 Å². The lowest BCUT2D eigenvalue weighted by Crippen LogP contribution is -2.52. The fourth-order valence-electron chi connectivity index (χ4n) is 3.05. The van der Waals surface area contributed by atoms with Crippen LogP contribution in [0.5, 0.6) is 0 Å². The maximum absolute atomic E-state index is 12.6. The maximum atomic E-state index is 12.6. The van der Waals surface area contributed by atoms with Crippen molar-refractivity contribution < 1.29 is 19.4 Å². The van der Waals surface area contributed by atoms with E-state index in [9.17, 15) is 9.59 Å². The van der Waals surface area contributed by atoms with Crippen LogP contribution in [0.25, 0.3) is 0 Å². The molecule has 0 aromatic heterocycles. The summed E-state index contributed by atoms with van der Waals surface area (Å²) in [6.07, 6.45) is -0.184. The molecule has 1 fully saturated rings. The van der Waals surface area contributed by atoms with Crippen molar-refractivity contribution in [3.63, 3.8) is 0 Å². The van der Waals surface area contributed by atoms with Gasteiger partial charge in [-0.05, 0) is 44.5 Å². The lowest BCUT2D eigenvalue weighted by molar-refractivity contribution is -0.138. The van der Waals surface area contributed by atoms with Crippen LogP contribution in [0.2, 0.25) is 0 Å². The van der Waals surface area contributed by atoms with Crippen molar-refractivity contribution in [1.29, 1.82) is 0 Å². The Hall–Kier alpha value is -2.12. The zero-order valence-electron chi connectivity index (χ0n) is 16.0. The molecule has 2 rings (SSSR count). The molecule has 7 nitrogen and oxygen atoms in total. The van der Waals surface area contributed by atoms with Gasteiger partial charge in [-0.1, -0.05) is 18.2 Å². The number of hydrogen-bond donors (Lipinski definition) is 2. The summed E-state index contributed by atoms with van der Waals surface area (Å²) in [5.74, 6) is -0.875. The van der Waals surface area contributed by atoms with Gasteiger partial charge in [0.25, 0.3) is 0 Å². The molecule has 2 amide bonds. The van der Waals surface area contributed by atoms with E-state index >= 15 is 0 Å². The van der Waals surface area contributed by atoms with Gasteiger partial charge in [0, 0.05) is 19.6 Å². The van der Waals surface area contributed by atoms with Crippen LogP contribution in [-0.2, 0) is 9.53 Å². The first kappa shape index (κ1) is 20.2. The first-order chi connectivity index (χ1) is 12.3. The Bertz CT molecular complexity index is 650. The molecule has 0 aliphatic carbocycles. The third-order valence-electron chi connectivity index (χ3n) is 4.72. The Morgan fingerprint density at radius 3 is 2.77 bits per heavy atom. The number of likely N-dealkylation sites (N-methyl/N-ethyl adjacent to an activating group) is 1. The van der Waals surface area contributed by atoms with Gasteiger partial charge in [0.2, 0.25) is 0 Å². The van der Waals surface area contributed by atoms with Gasteiger partial charge in [-0.15, -0.1) is 0 Å². The molecule has 0 bridgehead atoms. The summed E-state index contributed by atoms with van der Waals surface area (Å²) in [5.41, 5.74) is 3.51. The highest BCUT2D eigenvalue weighted by atomic mass is 16.5. The summed E-state index contributed by atoms with van der Waals surface area (Å²) in [6.45, 7) is 7.97. The molecule has 26 heavy (non-hydrogen) atoms. The van der Waals surface area contributed by atoms with E-state index in [2.05, 4.69) is 31.3 Å². The monoisotopic (exact) mass is 363 g/mol. The van der Waals surface area contributed by atoms with Crippen molar-refractivity contribution in [3.8, 4) is 0 Å². The molecule has 1 aromatic carbocycles. The Balaban J connectivity index is 1.89. The van der Waals surface area contributed by atoms with E-state index in [4.69, 9.17) is 9.84 Å². The molecule has 2 atom stereocenters. The van der Waals surface area contributed by atoms with E-state index in [1.165, 1.54) is 11.1 Å². The van der Waals surface area contributed by atoms with Crippen LogP contribution in [0.1, 0.15) is 29.7 Å². The number of benzene rings is 1. The zero-order valence-corrected chi connectivity index (χ0v) is 16.0. The van der Waals surface area contributed by atoms with Crippen molar-refractivity contribution in [2.24, 2.45) is 0 Å². The van der Waals surface area contributed by atoms with E-state index in [1.54, 1.807) is 16.8 Å². The maximum Gasteiger partial charge on any atom is 0.318 e. The van der Waals surface area contributed by atoms with Crippen LogP contribution >= 0.6 is 0 Å². The summed E-state index contributed by atoms with van der Waals surface area (Å²) < 4.78 is 5.67. The number of rotatable bonds is 6. The molecule has 1 aliphatic rings. The normalized spacial score (nSPS) is 18.7. The zero-order chi connectivity index (χ0) is 19.3. The van der Waals surface area contributed by atoms with Gasteiger partial charge < -0.3 is 20.1 Å². The average Bonchev–Trinajstić information content (AvgIpc) is 2.56. The first-order valence-corrected chi connectivity index (χ1v) is 8.90. The Morgan fingerprint density at radius 2 is 2.12 bits per heavy atom. The quantitative estimate of drug-likeness (QED) is 0.805. The van der Waals surface area contributed by atoms with Crippen molar-refractivity contribution in [2.75, 3.05) is 39.8 Å². The Morgan fingerprint density at radius 1 is 1.38 bits per heavy atom. The number of hydrogen-bond acceptors (Lipinski definition) is 4. The molecule has 1 aromatic rings. The predicted molar refractivity (Wildman–Crippen MR) is 99.3 cm³/mol. The minimum atomic E-state index is -0.875. The largest absolute Gasteiger partial charge is 0.480 e. The van der Waals surface area contributed by atoms with E-state index < -0.39 is 5.97 Å². The number of carboxylic acids is 1. The molecule has 1 aliphatic heterocycles. The van der Waals surface area contributed by atoms with Crippen LogP contribution in [0.15, 0.2) is 18.2 Å². The summed E-state index contributed by atoms with van der Waals surface area (Å²) in [5, 5.41) is 11.9. The number of nitrogens with one attached hydrogen (secondary N) is 1. The number of carbonyl (C=O) groups excluding carboxylic acids is 1. The van der Waals surface area contributed by atoms with Gasteiger partial charge in [-0.3, -0.25) is 9.69 Å². The number of aliphatic carboxylic acids is 1. The number of ether oxygens (including phenoxy) is 1. The van der Waals surface area contributed by atoms with Crippen molar-refractivity contribution in [3.05, 3.63) is 34.9 Å². The lowest BCUT2D eigenvalue weighted by Gasteiger charge is -2.35. The highest BCUT2D eigenvalue weighted by Crippen LogP contribution is 2.17. The fraction of sp³-hybridized carbons (Fsp3) is 0.579. The van der Waals surface area contributed by atoms with Gasteiger partial charge in [0.1, 0.15) is 0 Å². The number of nitrogens with zero attached hydrogens (tertiary/aromatic N) is 2. The van der Waals surface area contributed by atoms with E-state index in [-0.39, 0.29) is 24.7 Å². The Kier molecular flexibility index (Phi) is 6.99. The van der Waals surface area contributed by atoms with E-state index in [0.29, 0.717) is 26.2 Å². The second-order valence-electron chi connectivity index (χ2n) is 7.04. The van der Waals surface area contributed by atoms with Gasteiger partial charge >= 0.3 is 12.0 Å². The fourth-order valence-corrected chi connectivity index (χ4v) is 3.05. The van der Waals surface area contributed by atoms with Crippen molar-refractivity contribution in [1.82, 2.24) is 15.1 Å². The van der Waals surface area contributed by atoms with Gasteiger partial charge in [0.05, 0.1) is 25.3 Å². The van der Waals surface area contributed by atoms with Gasteiger partial charge in [-0.2, -0.15) is 0 Å². The minimum Gasteiger partial charge on any atom is -0.480 e. The molecule has 2 N–H and O–H groups in total. The summed E-state index contributed by atoms with van der Waals surface area (Å²) in [7, 11) is 1.73. The highest BCUT2D eigenvalue weighted by Gasteiger charge is 2.26. The van der Waals surface area contributed by atoms with Crippen LogP contribution in [0, 0.1) is 13.8 Å². The molecule has 0 radical (unpaired) electrons. The second-order valence-corrected chi connectivity index (χ2v) is 7.04. The van der Waals surface area contributed by atoms with Crippen molar-refractivity contribution in [2.45, 2.75) is 32.9 Å². The van der Waals surface area contributed by atoms with Crippen LogP contribution in [-0.4, -0.2) is 72.8 Å². The predicted octanol–water partition coefficient (Wildman–Crippen LogP) is 1.79. The lowest BCUT2D eigenvalue weighted by atomic mass is 10.0. The second kappa shape index (κ2) is 9.00. The number of aryl methyl sites for hydroxylation is 2.